The Morgan fingerprint density at radius 1 is 1.00 bits per heavy atom. The zero-order valence-corrected chi connectivity index (χ0v) is 14.2. The smallest absolute Gasteiger partial charge is 0.194 e. The standard InChI is InChI=1S/C20H25F3O/c1-2-3-13-4-6-14(7-5-13)15-8-9-19(24-12-15)16-10-17(21)20(23)18(22)11-16/h10-14,19H,2-9H2,1H3. The first-order chi connectivity index (χ1) is 11.6. The van der Waals surface area contributed by atoms with E-state index in [1.807, 2.05) is 0 Å². The van der Waals surface area contributed by atoms with Crippen molar-refractivity contribution in [3.8, 4) is 0 Å². The Morgan fingerprint density at radius 2 is 1.67 bits per heavy atom. The van der Waals surface area contributed by atoms with Crippen molar-refractivity contribution in [3.05, 3.63) is 47.0 Å². The lowest BCUT2D eigenvalue weighted by Gasteiger charge is -2.33. The van der Waals surface area contributed by atoms with Crippen molar-refractivity contribution in [2.45, 2.75) is 64.4 Å². The summed E-state index contributed by atoms with van der Waals surface area (Å²) in [6.45, 7) is 2.24. The summed E-state index contributed by atoms with van der Waals surface area (Å²) < 4.78 is 45.6. The minimum Gasteiger partial charge on any atom is -0.493 e. The van der Waals surface area contributed by atoms with Crippen molar-refractivity contribution in [1.29, 1.82) is 0 Å². The van der Waals surface area contributed by atoms with Gasteiger partial charge in [-0.25, -0.2) is 13.2 Å². The third-order valence-electron chi connectivity index (χ3n) is 5.52. The van der Waals surface area contributed by atoms with Gasteiger partial charge in [0.2, 0.25) is 0 Å². The van der Waals surface area contributed by atoms with E-state index in [0.29, 0.717) is 17.9 Å². The molecule has 4 heteroatoms. The summed E-state index contributed by atoms with van der Waals surface area (Å²) in [5.74, 6) is -2.28. The average molecular weight is 338 g/mol. The van der Waals surface area contributed by atoms with Gasteiger partial charge in [0.05, 0.1) is 6.26 Å². The maximum Gasteiger partial charge on any atom is 0.194 e. The molecule has 1 aliphatic carbocycles. The highest BCUT2D eigenvalue weighted by atomic mass is 19.2. The molecule has 0 aromatic heterocycles. The van der Waals surface area contributed by atoms with Gasteiger partial charge in [0, 0.05) is 0 Å². The highest BCUT2D eigenvalue weighted by Crippen LogP contribution is 2.40. The van der Waals surface area contributed by atoms with E-state index in [1.165, 1.54) is 44.1 Å². The van der Waals surface area contributed by atoms with Gasteiger partial charge in [-0.2, -0.15) is 0 Å². The SMILES string of the molecule is CCCC1CCC(C2=COC(c3cc(F)c(F)c(F)c3)CC2)CC1. The number of benzene rings is 1. The van der Waals surface area contributed by atoms with Crippen molar-refractivity contribution in [3.63, 3.8) is 0 Å². The zero-order valence-electron chi connectivity index (χ0n) is 14.2. The number of halogens is 3. The molecule has 132 valence electrons. The molecule has 0 bridgehead atoms. The molecule has 1 aliphatic heterocycles. The molecule has 1 aromatic carbocycles. The van der Waals surface area contributed by atoms with Crippen LogP contribution in [0.4, 0.5) is 13.2 Å². The van der Waals surface area contributed by atoms with E-state index in [-0.39, 0.29) is 0 Å². The third-order valence-corrected chi connectivity index (χ3v) is 5.52. The van der Waals surface area contributed by atoms with Crippen LogP contribution in [0.1, 0.15) is 70.0 Å². The summed E-state index contributed by atoms with van der Waals surface area (Å²) >= 11 is 0. The molecule has 1 saturated carbocycles. The lowest BCUT2D eigenvalue weighted by molar-refractivity contribution is 0.112. The van der Waals surface area contributed by atoms with E-state index in [9.17, 15) is 13.2 Å². The number of hydrogen-bond donors (Lipinski definition) is 0. The largest absolute Gasteiger partial charge is 0.493 e. The fourth-order valence-corrected chi connectivity index (χ4v) is 4.13. The van der Waals surface area contributed by atoms with Crippen LogP contribution in [0.3, 0.4) is 0 Å². The lowest BCUT2D eigenvalue weighted by atomic mass is 9.76. The maximum absolute atomic E-state index is 13.4. The summed E-state index contributed by atoms with van der Waals surface area (Å²) in [7, 11) is 0. The highest BCUT2D eigenvalue weighted by Gasteiger charge is 2.27. The molecule has 3 rings (SSSR count). The first-order valence-corrected chi connectivity index (χ1v) is 9.07. The number of rotatable bonds is 4. The van der Waals surface area contributed by atoms with Gasteiger partial charge in [-0.3, -0.25) is 0 Å². The molecule has 1 unspecified atom stereocenters. The molecule has 1 aromatic rings. The third kappa shape index (κ3) is 3.79. The van der Waals surface area contributed by atoms with Gasteiger partial charge in [0.15, 0.2) is 17.5 Å². The molecule has 0 saturated heterocycles. The molecule has 0 spiro atoms. The second-order valence-corrected chi connectivity index (χ2v) is 7.16. The second-order valence-electron chi connectivity index (χ2n) is 7.16. The predicted molar refractivity (Wildman–Crippen MR) is 87.8 cm³/mol. The zero-order chi connectivity index (χ0) is 17.1. The molecule has 1 heterocycles. The van der Waals surface area contributed by atoms with Crippen molar-refractivity contribution in [2.75, 3.05) is 0 Å². The van der Waals surface area contributed by atoms with Gasteiger partial charge in [-0.1, -0.05) is 19.8 Å². The Bertz CT molecular complexity index is 580. The molecular weight excluding hydrogens is 313 g/mol. The molecule has 24 heavy (non-hydrogen) atoms. The van der Waals surface area contributed by atoms with Gasteiger partial charge < -0.3 is 4.74 Å². The van der Waals surface area contributed by atoms with E-state index in [4.69, 9.17) is 4.74 Å². The molecule has 0 radical (unpaired) electrons. The molecule has 2 aliphatic rings. The van der Waals surface area contributed by atoms with Crippen molar-refractivity contribution in [1.82, 2.24) is 0 Å². The van der Waals surface area contributed by atoms with Crippen molar-refractivity contribution < 1.29 is 17.9 Å². The van der Waals surface area contributed by atoms with Crippen molar-refractivity contribution >= 4 is 0 Å². The van der Waals surface area contributed by atoms with Gasteiger partial charge in [-0.05, 0) is 73.6 Å². The quantitative estimate of drug-likeness (QED) is 0.574. The summed E-state index contributed by atoms with van der Waals surface area (Å²) in [5, 5.41) is 0. The summed E-state index contributed by atoms with van der Waals surface area (Å²) in [4.78, 5) is 0. The second kappa shape index (κ2) is 7.62. The molecule has 1 fully saturated rings. The van der Waals surface area contributed by atoms with Crippen LogP contribution < -0.4 is 0 Å². The van der Waals surface area contributed by atoms with Gasteiger partial charge in [0.25, 0.3) is 0 Å². The first kappa shape index (κ1) is 17.4. The Balaban J connectivity index is 1.60. The molecule has 0 amide bonds. The van der Waals surface area contributed by atoms with Crippen LogP contribution in [0.5, 0.6) is 0 Å². The van der Waals surface area contributed by atoms with Crippen LogP contribution in [0.25, 0.3) is 0 Å². The molecule has 0 N–H and O–H groups in total. The van der Waals surface area contributed by atoms with Crippen LogP contribution in [0.2, 0.25) is 0 Å². The van der Waals surface area contributed by atoms with Crippen LogP contribution >= 0.6 is 0 Å². The van der Waals surface area contributed by atoms with Crippen molar-refractivity contribution in [2.24, 2.45) is 11.8 Å². The van der Waals surface area contributed by atoms with Crippen LogP contribution in [0.15, 0.2) is 24.0 Å². The highest BCUT2D eigenvalue weighted by molar-refractivity contribution is 5.23. The van der Waals surface area contributed by atoms with Gasteiger partial charge in [0.1, 0.15) is 6.10 Å². The number of ether oxygens (including phenoxy) is 1. The average Bonchev–Trinajstić information content (AvgIpc) is 2.60. The topological polar surface area (TPSA) is 9.23 Å². The summed E-state index contributed by atoms with van der Waals surface area (Å²) in [6.07, 6.45) is 10.5. The van der Waals surface area contributed by atoms with Crippen LogP contribution in [-0.4, -0.2) is 0 Å². The maximum atomic E-state index is 13.4. The lowest BCUT2D eigenvalue weighted by Crippen LogP contribution is -2.19. The molecule has 1 nitrogen and oxygen atoms in total. The van der Waals surface area contributed by atoms with E-state index >= 15 is 0 Å². The Kier molecular flexibility index (Phi) is 5.52. The number of hydrogen-bond acceptors (Lipinski definition) is 1. The Hall–Kier alpha value is -1.45. The van der Waals surface area contributed by atoms with Crippen LogP contribution in [-0.2, 0) is 4.74 Å². The number of allylic oxidation sites excluding steroid dienone is 1. The first-order valence-electron chi connectivity index (χ1n) is 9.07. The van der Waals surface area contributed by atoms with Gasteiger partial charge >= 0.3 is 0 Å². The minimum absolute atomic E-state index is 0.369. The van der Waals surface area contributed by atoms with E-state index < -0.39 is 23.6 Å². The molecule has 1 atom stereocenters. The minimum atomic E-state index is -1.42. The summed E-state index contributed by atoms with van der Waals surface area (Å²) in [5.41, 5.74) is 1.69. The fourth-order valence-electron chi connectivity index (χ4n) is 4.13. The Labute approximate surface area is 141 Å². The van der Waals surface area contributed by atoms with Gasteiger partial charge in [-0.15, -0.1) is 0 Å². The van der Waals surface area contributed by atoms with Crippen LogP contribution in [0, 0.1) is 29.3 Å². The van der Waals surface area contributed by atoms with E-state index in [2.05, 4.69) is 6.92 Å². The Morgan fingerprint density at radius 3 is 2.21 bits per heavy atom. The van der Waals surface area contributed by atoms with E-state index in [0.717, 1.165) is 24.5 Å². The fraction of sp³-hybridized carbons (Fsp3) is 0.600. The monoisotopic (exact) mass is 338 g/mol. The molecular formula is C20H25F3O. The predicted octanol–water partition coefficient (Wildman–Crippen LogP) is 6.45. The van der Waals surface area contributed by atoms with E-state index in [1.54, 1.807) is 6.26 Å². The summed E-state index contributed by atoms with van der Waals surface area (Å²) in [6, 6.07) is 2.08. The normalized spacial score (nSPS) is 27.5.